The van der Waals surface area contributed by atoms with Crippen molar-refractivity contribution in [3.05, 3.63) is 29.6 Å². The Labute approximate surface area is 102 Å². The highest BCUT2D eigenvalue weighted by molar-refractivity contribution is 5.77. The summed E-state index contributed by atoms with van der Waals surface area (Å²) >= 11 is 0. The molecule has 0 saturated carbocycles. The van der Waals surface area contributed by atoms with E-state index < -0.39 is 0 Å². The Morgan fingerprint density at radius 3 is 3.06 bits per heavy atom. The standard InChI is InChI=1S/C12H19N3O2/c1-10-7-13-4-3-11(10)8-15-12(16)9-14-5-6-17-2/h3-4,7,14H,5-6,8-9H2,1-2H3,(H,15,16). The molecule has 1 aromatic rings. The van der Waals surface area contributed by atoms with Crippen molar-refractivity contribution in [1.29, 1.82) is 0 Å². The highest BCUT2D eigenvalue weighted by Crippen LogP contribution is 2.03. The molecule has 1 aromatic heterocycles. The van der Waals surface area contributed by atoms with Crippen LogP contribution in [0.25, 0.3) is 0 Å². The molecule has 0 unspecified atom stereocenters. The minimum Gasteiger partial charge on any atom is -0.383 e. The van der Waals surface area contributed by atoms with Gasteiger partial charge in [0.1, 0.15) is 0 Å². The smallest absolute Gasteiger partial charge is 0.234 e. The fraction of sp³-hybridized carbons (Fsp3) is 0.500. The van der Waals surface area contributed by atoms with Crippen molar-refractivity contribution in [3.8, 4) is 0 Å². The van der Waals surface area contributed by atoms with Crippen molar-refractivity contribution in [3.63, 3.8) is 0 Å². The molecule has 0 radical (unpaired) electrons. The van der Waals surface area contributed by atoms with E-state index in [4.69, 9.17) is 4.74 Å². The lowest BCUT2D eigenvalue weighted by Gasteiger charge is -2.08. The van der Waals surface area contributed by atoms with Gasteiger partial charge in [-0.3, -0.25) is 9.78 Å². The number of amides is 1. The third-order valence-electron chi connectivity index (χ3n) is 2.38. The van der Waals surface area contributed by atoms with Crippen LogP contribution >= 0.6 is 0 Å². The molecule has 94 valence electrons. The molecule has 0 bridgehead atoms. The molecule has 0 aliphatic heterocycles. The Kier molecular flexibility index (Phi) is 6.21. The second kappa shape index (κ2) is 7.76. The van der Waals surface area contributed by atoms with Crippen molar-refractivity contribution < 1.29 is 9.53 Å². The molecule has 0 aliphatic rings. The van der Waals surface area contributed by atoms with Gasteiger partial charge in [-0.1, -0.05) is 0 Å². The first kappa shape index (κ1) is 13.6. The predicted molar refractivity (Wildman–Crippen MR) is 65.6 cm³/mol. The van der Waals surface area contributed by atoms with Crippen molar-refractivity contribution in [2.45, 2.75) is 13.5 Å². The lowest BCUT2D eigenvalue weighted by Crippen LogP contribution is -2.34. The van der Waals surface area contributed by atoms with E-state index in [0.717, 1.165) is 11.1 Å². The van der Waals surface area contributed by atoms with Crippen LogP contribution in [0, 0.1) is 6.92 Å². The fourth-order valence-corrected chi connectivity index (χ4v) is 1.33. The zero-order chi connectivity index (χ0) is 12.5. The molecule has 0 fully saturated rings. The largest absolute Gasteiger partial charge is 0.383 e. The molecule has 5 nitrogen and oxygen atoms in total. The van der Waals surface area contributed by atoms with Gasteiger partial charge in [-0.05, 0) is 24.1 Å². The van der Waals surface area contributed by atoms with Crippen molar-refractivity contribution in [2.75, 3.05) is 26.8 Å². The topological polar surface area (TPSA) is 63.2 Å². The van der Waals surface area contributed by atoms with Crippen molar-refractivity contribution in [2.24, 2.45) is 0 Å². The van der Waals surface area contributed by atoms with Crippen LogP contribution < -0.4 is 10.6 Å². The molecule has 2 N–H and O–H groups in total. The third-order valence-corrected chi connectivity index (χ3v) is 2.38. The fourth-order valence-electron chi connectivity index (χ4n) is 1.33. The van der Waals surface area contributed by atoms with Crippen molar-refractivity contribution in [1.82, 2.24) is 15.6 Å². The SMILES string of the molecule is COCCNCC(=O)NCc1ccncc1C. The molecule has 0 spiro atoms. The molecular weight excluding hydrogens is 218 g/mol. The zero-order valence-electron chi connectivity index (χ0n) is 10.3. The number of methoxy groups -OCH3 is 1. The molecule has 1 rings (SSSR count). The van der Waals surface area contributed by atoms with E-state index in [-0.39, 0.29) is 5.91 Å². The lowest BCUT2D eigenvalue weighted by atomic mass is 10.1. The minimum absolute atomic E-state index is 0.0164. The molecular formula is C12H19N3O2. The van der Waals surface area contributed by atoms with E-state index in [1.54, 1.807) is 19.5 Å². The number of carbonyl (C=O) groups is 1. The Bertz CT molecular complexity index is 355. The van der Waals surface area contributed by atoms with Gasteiger partial charge in [0.25, 0.3) is 0 Å². The number of rotatable bonds is 7. The van der Waals surface area contributed by atoms with E-state index in [1.165, 1.54) is 0 Å². The van der Waals surface area contributed by atoms with Crippen LogP contribution in [-0.4, -0.2) is 37.7 Å². The van der Waals surface area contributed by atoms with E-state index in [1.807, 2.05) is 13.0 Å². The molecule has 17 heavy (non-hydrogen) atoms. The maximum absolute atomic E-state index is 11.5. The number of pyridine rings is 1. The van der Waals surface area contributed by atoms with Crippen LogP contribution in [0.1, 0.15) is 11.1 Å². The molecule has 1 amide bonds. The van der Waals surface area contributed by atoms with Gasteiger partial charge >= 0.3 is 0 Å². The zero-order valence-corrected chi connectivity index (χ0v) is 10.3. The normalized spacial score (nSPS) is 10.2. The Morgan fingerprint density at radius 1 is 1.53 bits per heavy atom. The number of carbonyl (C=O) groups excluding carboxylic acids is 1. The first-order valence-corrected chi connectivity index (χ1v) is 5.60. The van der Waals surface area contributed by atoms with E-state index in [0.29, 0.717) is 26.2 Å². The summed E-state index contributed by atoms with van der Waals surface area (Å²) < 4.78 is 4.87. The molecule has 5 heteroatoms. The summed E-state index contributed by atoms with van der Waals surface area (Å²) in [4.78, 5) is 15.5. The Morgan fingerprint density at radius 2 is 2.35 bits per heavy atom. The molecule has 0 aliphatic carbocycles. The van der Waals surface area contributed by atoms with Gasteiger partial charge < -0.3 is 15.4 Å². The highest BCUT2D eigenvalue weighted by atomic mass is 16.5. The summed E-state index contributed by atoms with van der Waals surface area (Å²) in [6.07, 6.45) is 3.52. The Hall–Kier alpha value is -1.46. The van der Waals surface area contributed by atoms with Gasteiger partial charge in [-0.25, -0.2) is 0 Å². The average Bonchev–Trinajstić information content (AvgIpc) is 2.34. The number of ether oxygens (including phenoxy) is 1. The molecule has 1 heterocycles. The second-order valence-corrected chi connectivity index (χ2v) is 3.75. The molecule has 0 saturated heterocycles. The van der Waals surface area contributed by atoms with Crippen LogP contribution in [0.2, 0.25) is 0 Å². The average molecular weight is 237 g/mol. The number of nitrogens with one attached hydrogen (secondary N) is 2. The molecule has 0 atom stereocenters. The highest BCUT2D eigenvalue weighted by Gasteiger charge is 2.02. The van der Waals surface area contributed by atoms with Crippen LogP contribution in [0.15, 0.2) is 18.5 Å². The monoisotopic (exact) mass is 237 g/mol. The number of hydrogen-bond donors (Lipinski definition) is 2. The van der Waals surface area contributed by atoms with E-state index in [2.05, 4.69) is 15.6 Å². The van der Waals surface area contributed by atoms with Crippen LogP contribution in [0.4, 0.5) is 0 Å². The van der Waals surface area contributed by atoms with Crippen LogP contribution in [0.3, 0.4) is 0 Å². The number of aryl methyl sites for hydroxylation is 1. The summed E-state index contributed by atoms with van der Waals surface area (Å²) in [5.74, 6) is -0.0164. The summed E-state index contributed by atoms with van der Waals surface area (Å²) in [5, 5.41) is 5.83. The lowest BCUT2D eigenvalue weighted by molar-refractivity contribution is -0.120. The van der Waals surface area contributed by atoms with E-state index in [9.17, 15) is 4.79 Å². The summed E-state index contributed by atoms with van der Waals surface area (Å²) in [6, 6.07) is 1.91. The minimum atomic E-state index is -0.0164. The predicted octanol–water partition coefficient (Wildman–Crippen LogP) is 0.242. The van der Waals surface area contributed by atoms with Crippen molar-refractivity contribution >= 4 is 5.91 Å². The van der Waals surface area contributed by atoms with Crippen LogP contribution in [-0.2, 0) is 16.1 Å². The van der Waals surface area contributed by atoms with Crippen LogP contribution in [0.5, 0.6) is 0 Å². The summed E-state index contributed by atoms with van der Waals surface area (Å²) in [6.45, 7) is 4.12. The van der Waals surface area contributed by atoms with Gasteiger partial charge in [0.05, 0.1) is 13.2 Å². The third kappa shape index (κ3) is 5.42. The van der Waals surface area contributed by atoms with Gasteiger partial charge in [0, 0.05) is 32.6 Å². The maximum atomic E-state index is 11.5. The van der Waals surface area contributed by atoms with Gasteiger partial charge in [-0.15, -0.1) is 0 Å². The maximum Gasteiger partial charge on any atom is 0.234 e. The quantitative estimate of drug-likeness (QED) is 0.667. The Balaban J connectivity index is 2.22. The first-order chi connectivity index (χ1) is 8.24. The summed E-state index contributed by atoms with van der Waals surface area (Å²) in [7, 11) is 1.63. The van der Waals surface area contributed by atoms with Gasteiger partial charge in [-0.2, -0.15) is 0 Å². The summed E-state index contributed by atoms with van der Waals surface area (Å²) in [5.41, 5.74) is 2.17. The number of hydrogen-bond acceptors (Lipinski definition) is 4. The van der Waals surface area contributed by atoms with Gasteiger partial charge in [0.15, 0.2) is 0 Å². The first-order valence-electron chi connectivity index (χ1n) is 5.60. The van der Waals surface area contributed by atoms with Gasteiger partial charge in [0.2, 0.25) is 5.91 Å². The molecule has 0 aromatic carbocycles. The number of nitrogens with zero attached hydrogens (tertiary/aromatic N) is 1. The number of aromatic nitrogens is 1. The van der Waals surface area contributed by atoms with E-state index >= 15 is 0 Å². The second-order valence-electron chi connectivity index (χ2n) is 3.75.